The number of hydrogen-bond acceptors (Lipinski definition) is 4. The quantitative estimate of drug-likeness (QED) is 0.797. The topological polar surface area (TPSA) is 90.0 Å². The second-order valence-electron chi connectivity index (χ2n) is 4.72. The summed E-state index contributed by atoms with van der Waals surface area (Å²) in [6, 6.07) is -0.121. The van der Waals surface area contributed by atoms with Crippen molar-refractivity contribution in [3.63, 3.8) is 0 Å². The van der Waals surface area contributed by atoms with Gasteiger partial charge in [-0.3, -0.25) is 4.68 Å². The lowest BCUT2D eigenvalue weighted by Crippen LogP contribution is -2.37. The van der Waals surface area contributed by atoms with Crippen LogP contribution >= 0.6 is 0 Å². The molecule has 19 heavy (non-hydrogen) atoms. The van der Waals surface area contributed by atoms with Crippen molar-refractivity contribution < 1.29 is 8.42 Å². The van der Waals surface area contributed by atoms with Crippen LogP contribution in [0.3, 0.4) is 0 Å². The van der Waals surface area contributed by atoms with E-state index in [0.29, 0.717) is 12.5 Å². The minimum Gasteiger partial charge on any atom is -0.381 e. The van der Waals surface area contributed by atoms with E-state index >= 15 is 0 Å². The second-order valence-corrected chi connectivity index (χ2v) is 6.40. The Hall–Kier alpha value is -1.08. The minimum absolute atomic E-state index is 0.0473. The largest absolute Gasteiger partial charge is 0.381 e. The van der Waals surface area contributed by atoms with Crippen LogP contribution in [0, 0.1) is 5.92 Å². The lowest BCUT2D eigenvalue weighted by atomic mass is 9.96. The highest BCUT2D eigenvalue weighted by molar-refractivity contribution is 7.89. The third kappa shape index (κ3) is 3.70. The van der Waals surface area contributed by atoms with Gasteiger partial charge < -0.3 is 5.73 Å². The van der Waals surface area contributed by atoms with Crippen LogP contribution < -0.4 is 10.5 Å². The van der Waals surface area contributed by atoms with E-state index in [1.54, 1.807) is 0 Å². The molecular formula is C12H24N4O2S. The monoisotopic (exact) mass is 288 g/mol. The zero-order valence-electron chi connectivity index (χ0n) is 12.0. The van der Waals surface area contributed by atoms with Gasteiger partial charge in [-0.25, -0.2) is 13.1 Å². The van der Waals surface area contributed by atoms with Crippen molar-refractivity contribution in [3.8, 4) is 0 Å². The Morgan fingerprint density at radius 2 is 1.95 bits per heavy atom. The maximum absolute atomic E-state index is 12.3. The first kappa shape index (κ1) is 16.0. The van der Waals surface area contributed by atoms with Gasteiger partial charge in [0.1, 0.15) is 4.90 Å². The van der Waals surface area contributed by atoms with Crippen LogP contribution in [0.25, 0.3) is 0 Å². The summed E-state index contributed by atoms with van der Waals surface area (Å²) in [7, 11) is -3.60. The highest BCUT2D eigenvalue weighted by Crippen LogP contribution is 2.19. The molecule has 0 aliphatic rings. The smallest absolute Gasteiger partial charge is 0.246 e. The van der Waals surface area contributed by atoms with Crippen LogP contribution in [0.5, 0.6) is 0 Å². The predicted molar refractivity (Wildman–Crippen MR) is 76.2 cm³/mol. The molecule has 6 nitrogen and oxygen atoms in total. The predicted octanol–water partition coefficient (Wildman–Crippen LogP) is 1.59. The highest BCUT2D eigenvalue weighted by atomic mass is 32.2. The molecule has 1 heterocycles. The van der Waals surface area contributed by atoms with Gasteiger partial charge in [0.15, 0.2) is 5.82 Å². The Morgan fingerprint density at radius 1 is 1.37 bits per heavy atom. The summed E-state index contributed by atoms with van der Waals surface area (Å²) in [5, 5.41) is 3.96. The van der Waals surface area contributed by atoms with Crippen molar-refractivity contribution in [1.82, 2.24) is 14.5 Å². The fourth-order valence-corrected chi connectivity index (χ4v) is 3.57. The molecule has 0 aliphatic carbocycles. The fourth-order valence-electron chi connectivity index (χ4n) is 2.19. The Bertz CT molecular complexity index is 506. The Labute approximate surface area is 115 Å². The van der Waals surface area contributed by atoms with Crippen LogP contribution in [0.4, 0.5) is 5.82 Å². The molecule has 1 atom stereocenters. The molecule has 1 aromatic rings. The molecule has 1 unspecified atom stereocenters. The standard InChI is InChI=1S/C12H24N4O2S/c1-5-10(6-2)9(4)15-19(17,18)11-8-16(7-3)14-12(11)13/h8-10,15H,5-7H2,1-4H3,(H2,13,14). The van der Waals surface area contributed by atoms with E-state index in [2.05, 4.69) is 23.7 Å². The molecule has 0 saturated carbocycles. The molecule has 0 fully saturated rings. The van der Waals surface area contributed by atoms with Crippen molar-refractivity contribution >= 4 is 15.8 Å². The van der Waals surface area contributed by atoms with E-state index in [4.69, 9.17) is 5.73 Å². The second kappa shape index (κ2) is 6.38. The highest BCUT2D eigenvalue weighted by Gasteiger charge is 2.25. The number of hydrogen-bond donors (Lipinski definition) is 2. The van der Waals surface area contributed by atoms with Crippen LogP contribution in [0.2, 0.25) is 0 Å². The number of nitrogen functional groups attached to an aromatic ring is 1. The lowest BCUT2D eigenvalue weighted by Gasteiger charge is -2.22. The van der Waals surface area contributed by atoms with Gasteiger partial charge in [-0.05, 0) is 19.8 Å². The van der Waals surface area contributed by atoms with Crippen molar-refractivity contribution in [1.29, 1.82) is 0 Å². The maximum Gasteiger partial charge on any atom is 0.246 e. The van der Waals surface area contributed by atoms with E-state index in [1.165, 1.54) is 10.9 Å². The zero-order chi connectivity index (χ0) is 14.6. The molecule has 0 bridgehead atoms. The lowest BCUT2D eigenvalue weighted by molar-refractivity contribution is 0.391. The fraction of sp³-hybridized carbons (Fsp3) is 0.750. The number of aromatic nitrogens is 2. The average molecular weight is 288 g/mol. The van der Waals surface area contributed by atoms with E-state index in [1.807, 2.05) is 13.8 Å². The molecule has 0 aromatic carbocycles. The number of aryl methyl sites for hydroxylation is 1. The number of anilines is 1. The number of sulfonamides is 1. The molecule has 1 rings (SSSR count). The van der Waals surface area contributed by atoms with Gasteiger partial charge >= 0.3 is 0 Å². The average Bonchev–Trinajstić information content (AvgIpc) is 2.72. The summed E-state index contributed by atoms with van der Waals surface area (Å²) in [6.07, 6.45) is 3.34. The molecule has 0 aliphatic heterocycles. The molecule has 7 heteroatoms. The molecule has 110 valence electrons. The van der Waals surface area contributed by atoms with E-state index in [9.17, 15) is 8.42 Å². The van der Waals surface area contributed by atoms with Crippen LogP contribution in [0.15, 0.2) is 11.1 Å². The van der Waals surface area contributed by atoms with Gasteiger partial charge in [0.25, 0.3) is 0 Å². The van der Waals surface area contributed by atoms with Gasteiger partial charge in [0, 0.05) is 18.8 Å². The molecule has 0 radical (unpaired) electrons. The third-order valence-corrected chi connectivity index (χ3v) is 5.04. The Balaban J connectivity index is 2.94. The third-order valence-electron chi connectivity index (χ3n) is 3.47. The first-order valence-electron chi connectivity index (χ1n) is 6.70. The molecule has 0 amide bonds. The normalized spacial score (nSPS) is 13.9. The summed E-state index contributed by atoms with van der Waals surface area (Å²) < 4.78 is 28.8. The van der Waals surface area contributed by atoms with Gasteiger partial charge in [0.05, 0.1) is 0 Å². The Kier molecular flexibility index (Phi) is 5.37. The molecule has 1 aromatic heterocycles. The number of rotatable bonds is 7. The van der Waals surface area contributed by atoms with Crippen LogP contribution in [0.1, 0.15) is 40.5 Å². The van der Waals surface area contributed by atoms with Crippen LogP contribution in [-0.2, 0) is 16.6 Å². The van der Waals surface area contributed by atoms with Crippen molar-refractivity contribution in [2.45, 2.75) is 58.0 Å². The summed E-state index contributed by atoms with van der Waals surface area (Å²) >= 11 is 0. The van der Waals surface area contributed by atoms with Crippen molar-refractivity contribution in [2.24, 2.45) is 5.92 Å². The summed E-state index contributed by atoms with van der Waals surface area (Å²) in [5.74, 6) is 0.364. The number of nitrogens with zero attached hydrogens (tertiary/aromatic N) is 2. The van der Waals surface area contributed by atoms with Crippen molar-refractivity contribution in [3.05, 3.63) is 6.20 Å². The van der Waals surface area contributed by atoms with E-state index in [0.717, 1.165) is 12.8 Å². The summed E-state index contributed by atoms with van der Waals surface area (Å²) in [5.41, 5.74) is 5.67. The van der Waals surface area contributed by atoms with Crippen LogP contribution in [-0.4, -0.2) is 24.2 Å². The summed E-state index contributed by atoms with van der Waals surface area (Å²) in [6.45, 7) is 8.46. The molecule has 0 spiro atoms. The first-order valence-corrected chi connectivity index (χ1v) is 8.19. The van der Waals surface area contributed by atoms with E-state index < -0.39 is 10.0 Å². The van der Waals surface area contributed by atoms with Gasteiger partial charge in [-0.15, -0.1) is 0 Å². The Morgan fingerprint density at radius 3 is 2.37 bits per heavy atom. The van der Waals surface area contributed by atoms with E-state index in [-0.39, 0.29) is 16.8 Å². The molecular weight excluding hydrogens is 264 g/mol. The van der Waals surface area contributed by atoms with Gasteiger partial charge in [-0.1, -0.05) is 26.7 Å². The first-order chi connectivity index (χ1) is 8.85. The number of nitrogens with one attached hydrogen (secondary N) is 1. The molecule has 3 N–H and O–H groups in total. The molecule has 0 saturated heterocycles. The minimum atomic E-state index is -3.60. The maximum atomic E-state index is 12.3. The summed E-state index contributed by atoms with van der Waals surface area (Å²) in [4.78, 5) is 0.0622. The SMILES string of the molecule is CCC(CC)C(C)NS(=O)(=O)c1cn(CC)nc1N. The van der Waals surface area contributed by atoms with Gasteiger partial charge in [-0.2, -0.15) is 5.10 Å². The number of nitrogens with two attached hydrogens (primary N) is 1. The van der Waals surface area contributed by atoms with Crippen molar-refractivity contribution in [2.75, 3.05) is 5.73 Å². The zero-order valence-corrected chi connectivity index (χ0v) is 12.9. The van der Waals surface area contributed by atoms with Gasteiger partial charge in [0.2, 0.25) is 10.0 Å².